The lowest BCUT2D eigenvalue weighted by Gasteiger charge is -2.47. The summed E-state index contributed by atoms with van der Waals surface area (Å²) in [5.41, 5.74) is 0.527. The van der Waals surface area contributed by atoms with Crippen LogP contribution in [0.25, 0.3) is 10.9 Å². The molecule has 0 amide bonds. The van der Waals surface area contributed by atoms with E-state index in [4.69, 9.17) is 0 Å². The average Bonchev–Trinajstić information content (AvgIpc) is 2.42. The van der Waals surface area contributed by atoms with Crippen molar-refractivity contribution in [3.05, 3.63) is 40.6 Å². The van der Waals surface area contributed by atoms with Gasteiger partial charge in [0.1, 0.15) is 11.9 Å². The predicted octanol–water partition coefficient (Wildman–Crippen LogP) is 2.10. The van der Waals surface area contributed by atoms with Crippen LogP contribution in [0.5, 0.6) is 0 Å². The fourth-order valence-electron chi connectivity index (χ4n) is 2.63. The number of hydrogen-bond acceptors (Lipinski definition) is 5. The van der Waals surface area contributed by atoms with Crippen LogP contribution in [-0.4, -0.2) is 33.7 Å². The topological polar surface area (TPSA) is 79.5 Å². The van der Waals surface area contributed by atoms with E-state index >= 15 is 0 Å². The zero-order chi connectivity index (χ0) is 14.3. The van der Waals surface area contributed by atoms with E-state index in [2.05, 4.69) is 4.98 Å². The van der Waals surface area contributed by atoms with Gasteiger partial charge in [-0.15, -0.1) is 0 Å². The summed E-state index contributed by atoms with van der Waals surface area (Å²) in [6, 6.07) is 7.34. The van der Waals surface area contributed by atoms with Gasteiger partial charge in [0.2, 0.25) is 0 Å². The number of pyridine rings is 1. The van der Waals surface area contributed by atoms with Crippen molar-refractivity contribution in [1.82, 2.24) is 4.98 Å². The fourth-order valence-corrected chi connectivity index (χ4v) is 2.63. The summed E-state index contributed by atoms with van der Waals surface area (Å²) in [6.07, 6.45) is 1.93. The number of para-hydroxylation sites is 1. The fraction of sp³-hybridized carbons (Fsp3) is 0.357. The van der Waals surface area contributed by atoms with Gasteiger partial charge in [-0.1, -0.05) is 25.1 Å². The molecule has 2 heterocycles. The lowest BCUT2D eigenvalue weighted by molar-refractivity contribution is -0.384. The molecule has 1 saturated heterocycles. The number of benzene rings is 1. The van der Waals surface area contributed by atoms with E-state index in [1.807, 2.05) is 36.1 Å². The molecule has 3 rings (SSSR count). The maximum absolute atomic E-state index is 11.2. The molecule has 1 fully saturated rings. The van der Waals surface area contributed by atoms with Gasteiger partial charge in [0.05, 0.1) is 16.0 Å². The summed E-state index contributed by atoms with van der Waals surface area (Å²) in [6.45, 7) is 2.74. The first-order chi connectivity index (χ1) is 9.54. The largest absolute Gasteiger partial charge is 0.386 e. The van der Waals surface area contributed by atoms with Gasteiger partial charge in [-0.05, 0) is 12.5 Å². The van der Waals surface area contributed by atoms with Crippen molar-refractivity contribution in [1.29, 1.82) is 0 Å². The Morgan fingerprint density at radius 2 is 2.15 bits per heavy atom. The molecule has 2 aromatic rings. The summed E-state index contributed by atoms with van der Waals surface area (Å²) < 4.78 is 0. The minimum Gasteiger partial charge on any atom is -0.386 e. The Labute approximate surface area is 115 Å². The van der Waals surface area contributed by atoms with Gasteiger partial charge >= 0.3 is 5.69 Å². The summed E-state index contributed by atoms with van der Waals surface area (Å²) in [5.74, 6) is 0. The van der Waals surface area contributed by atoms with E-state index in [0.717, 1.165) is 10.9 Å². The van der Waals surface area contributed by atoms with Crippen LogP contribution in [0.2, 0.25) is 0 Å². The molecule has 0 saturated carbocycles. The third-order valence-corrected chi connectivity index (χ3v) is 3.87. The summed E-state index contributed by atoms with van der Waals surface area (Å²) in [5, 5.41) is 22.1. The van der Waals surface area contributed by atoms with E-state index in [-0.39, 0.29) is 5.69 Å². The smallest absolute Gasteiger partial charge is 0.311 e. The van der Waals surface area contributed by atoms with Crippen molar-refractivity contribution in [3.8, 4) is 0 Å². The van der Waals surface area contributed by atoms with Crippen LogP contribution in [0, 0.1) is 10.1 Å². The summed E-state index contributed by atoms with van der Waals surface area (Å²) >= 11 is 0. The predicted molar refractivity (Wildman–Crippen MR) is 75.9 cm³/mol. The number of β-amino-alcohol motifs (C(OH)–C–C–N with tert-alkyl or cyclic N) is 1. The number of aromatic nitrogens is 1. The maximum atomic E-state index is 11.2. The average molecular weight is 273 g/mol. The maximum Gasteiger partial charge on any atom is 0.311 e. The number of rotatable bonds is 3. The molecular weight excluding hydrogens is 258 g/mol. The van der Waals surface area contributed by atoms with Gasteiger partial charge in [0, 0.05) is 18.5 Å². The van der Waals surface area contributed by atoms with Crippen molar-refractivity contribution in [2.45, 2.75) is 18.9 Å². The molecule has 0 unspecified atom stereocenters. The molecule has 104 valence electrons. The molecule has 1 aromatic heterocycles. The highest BCUT2D eigenvalue weighted by Crippen LogP contribution is 2.40. The zero-order valence-corrected chi connectivity index (χ0v) is 11.1. The van der Waals surface area contributed by atoms with Crippen molar-refractivity contribution in [2.24, 2.45) is 0 Å². The first-order valence-electron chi connectivity index (χ1n) is 6.53. The number of anilines is 1. The zero-order valence-electron chi connectivity index (χ0n) is 11.1. The first-order valence-corrected chi connectivity index (χ1v) is 6.53. The van der Waals surface area contributed by atoms with Crippen LogP contribution < -0.4 is 4.90 Å². The molecule has 1 aliphatic rings. The highest BCUT2D eigenvalue weighted by atomic mass is 16.6. The van der Waals surface area contributed by atoms with Crippen molar-refractivity contribution < 1.29 is 10.0 Å². The van der Waals surface area contributed by atoms with Gasteiger partial charge in [-0.3, -0.25) is 10.1 Å². The second-order valence-electron chi connectivity index (χ2n) is 5.20. The number of nitrogens with zero attached hydrogens (tertiary/aromatic N) is 3. The van der Waals surface area contributed by atoms with Gasteiger partial charge in [0.15, 0.2) is 0 Å². The van der Waals surface area contributed by atoms with Gasteiger partial charge in [-0.2, -0.15) is 0 Å². The lowest BCUT2D eigenvalue weighted by atomic mass is 9.90. The highest BCUT2D eigenvalue weighted by molar-refractivity contribution is 5.96. The Bertz CT molecular complexity index is 680. The van der Waals surface area contributed by atoms with Gasteiger partial charge < -0.3 is 10.0 Å². The standard InChI is InChI=1S/C14H15N3O3/c1-2-14(18)8-16(9-14)13-10-5-3-4-6-11(10)15-7-12(13)17(19)20/h3-7,18H,2,8-9H2,1H3. The normalized spacial score (nSPS) is 17.0. The van der Waals surface area contributed by atoms with Crippen LogP contribution >= 0.6 is 0 Å². The Morgan fingerprint density at radius 3 is 2.80 bits per heavy atom. The van der Waals surface area contributed by atoms with Gasteiger partial charge in [0.25, 0.3) is 0 Å². The highest BCUT2D eigenvalue weighted by Gasteiger charge is 2.42. The minimum absolute atomic E-state index is 0.0122. The van der Waals surface area contributed by atoms with Crippen LogP contribution in [0.4, 0.5) is 11.4 Å². The van der Waals surface area contributed by atoms with Crippen LogP contribution in [0.15, 0.2) is 30.5 Å². The van der Waals surface area contributed by atoms with Crippen LogP contribution in [0.3, 0.4) is 0 Å². The molecular formula is C14H15N3O3. The van der Waals surface area contributed by atoms with Crippen molar-refractivity contribution >= 4 is 22.3 Å². The Balaban J connectivity index is 2.12. The molecule has 0 radical (unpaired) electrons. The minimum atomic E-state index is -0.738. The SMILES string of the molecule is CCC1(O)CN(c2c([N+](=O)[O-])cnc3ccccc23)C1. The Hall–Kier alpha value is -2.21. The summed E-state index contributed by atoms with van der Waals surface area (Å²) in [7, 11) is 0. The second-order valence-corrected chi connectivity index (χ2v) is 5.20. The quantitative estimate of drug-likeness (QED) is 0.684. The molecule has 1 aliphatic heterocycles. The van der Waals surface area contributed by atoms with Gasteiger partial charge in [-0.25, -0.2) is 4.98 Å². The molecule has 20 heavy (non-hydrogen) atoms. The van der Waals surface area contributed by atoms with E-state index in [9.17, 15) is 15.2 Å². The number of nitro groups is 1. The van der Waals surface area contributed by atoms with E-state index in [1.54, 1.807) is 0 Å². The molecule has 0 atom stereocenters. The Kier molecular flexibility index (Phi) is 2.83. The van der Waals surface area contributed by atoms with Crippen LogP contribution in [-0.2, 0) is 0 Å². The second kappa shape index (κ2) is 4.42. The molecule has 0 bridgehead atoms. The van der Waals surface area contributed by atoms with E-state index in [0.29, 0.717) is 25.2 Å². The van der Waals surface area contributed by atoms with Crippen molar-refractivity contribution in [3.63, 3.8) is 0 Å². The molecule has 6 heteroatoms. The van der Waals surface area contributed by atoms with E-state index < -0.39 is 10.5 Å². The monoisotopic (exact) mass is 273 g/mol. The first kappa shape index (κ1) is 12.8. The van der Waals surface area contributed by atoms with E-state index in [1.165, 1.54) is 6.20 Å². The summed E-state index contributed by atoms with van der Waals surface area (Å²) in [4.78, 5) is 16.8. The third-order valence-electron chi connectivity index (χ3n) is 3.87. The van der Waals surface area contributed by atoms with Crippen LogP contribution in [0.1, 0.15) is 13.3 Å². The third kappa shape index (κ3) is 1.89. The number of fused-ring (bicyclic) bond motifs is 1. The molecule has 1 aromatic carbocycles. The Morgan fingerprint density at radius 1 is 1.45 bits per heavy atom. The van der Waals surface area contributed by atoms with Crippen molar-refractivity contribution in [2.75, 3.05) is 18.0 Å². The molecule has 0 aliphatic carbocycles. The molecule has 1 N–H and O–H groups in total. The molecule has 0 spiro atoms. The molecule has 6 nitrogen and oxygen atoms in total. The lowest BCUT2D eigenvalue weighted by Crippen LogP contribution is -2.61. The number of hydrogen-bond donors (Lipinski definition) is 1. The number of aliphatic hydroxyl groups is 1.